The predicted octanol–water partition coefficient (Wildman–Crippen LogP) is 2.26. The molecule has 1 aromatic rings. The van der Waals surface area contributed by atoms with Crippen LogP contribution < -0.4 is 5.73 Å². The van der Waals surface area contributed by atoms with E-state index < -0.39 is 0 Å². The molecule has 0 radical (unpaired) electrons. The van der Waals surface area contributed by atoms with Gasteiger partial charge in [-0.3, -0.25) is 0 Å². The number of aromatic nitrogens is 1. The Balaban J connectivity index is 3.18. The van der Waals surface area contributed by atoms with Crippen molar-refractivity contribution >= 4 is 38.2 Å². The van der Waals surface area contributed by atoms with Gasteiger partial charge in [0.25, 0.3) is 0 Å². The fourth-order valence-electron chi connectivity index (χ4n) is 0.710. The van der Waals surface area contributed by atoms with Gasteiger partial charge >= 0.3 is 0 Å². The number of methoxy groups -OCH3 is 1. The minimum Gasteiger partial charge on any atom is -0.487 e. The number of thiazole rings is 1. The van der Waals surface area contributed by atoms with Crippen LogP contribution in [0.15, 0.2) is 16.1 Å². The van der Waals surface area contributed by atoms with Crippen LogP contribution in [0.3, 0.4) is 0 Å². The molecule has 5 heteroatoms. The second-order valence-electron chi connectivity index (χ2n) is 1.88. The van der Waals surface area contributed by atoms with Crippen molar-refractivity contribution < 1.29 is 4.74 Å². The summed E-state index contributed by atoms with van der Waals surface area (Å²) in [5.74, 6) is 0.495. The van der Waals surface area contributed by atoms with E-state index in [-0.39, 0.29) is 0 Å². The third-order valence-electron chi connectivity index (χ3n) is 1.18. The van der Waals surface area contributed by atoms with Gasteiger partial charge in [-0.1, -0.05) is 23.6 Å². The Hall–Kier alpha value is -0.770. The topological polar surface area (TPSA) is 48.1 Å². The quantitative estimate of drug-likeness (QED) is 0.644. The van der Waals surface area contributed by atoms with Crippen LogP contribution in [0.5, 0.6) is 0 Å². The van der Waals surface area contributed by atoms with Gasteiger partial charge in [-0.05, 0) is 15.9 Å². The van der Waals surface area contributed by atoms with Gasteiger partial charge in [0.05, 0.1) is 7.11 Å². The molecule has 64 valence electrons. The molecule has 1 aromatic heterocycles. The molecule has 0 unspecified atom stereocenters. The van der Waals surface area contributed by atoms with Gasteiger partial charge in [0.2, 0.25) is 0 Å². The molecule has 0 bridgehead atoms. The molecule has 0 aliphatic carbocycles. The summed E-state index contributed by atoms with van der Waals surface area (Å²) in [5.41, 5.74) is 8.76. The summed E-state index contributed by atoms with van der Waals surface area (Å²) in [6.07, 6.45) is 0. The number of hydrogen-bond acceptors (Lipinski definition) is 4. The van der Waals surface area contributed by atoms with E-state index in [2.05, 4.69) is 33.2 Å². The molecule has 0 atom stereocenters. The van der Waals surface area contributed by atoms with Crippen LogP contribution in [-0.2, 0) is 4.74 Å². The summed E-state index contributed by atoms with van der Waals surface area (Å²) in [7, 11) is 1.54. The zero-order valence-electron chi connectivity index (χ0n) is 6.43. The van der Waals surface area contributed by atoms with E-state index in [1.165, 1.54) is 18.4 Å². The number of nitrogens with zero attached hydrogens (tertiary/aromatic N) is 1. The van der Waals surface area contributed by atoms with Crippen LogP contribution in [0.4, 0.5) is 5.13 Å². The molecule has 3 nitrogen and oxygen atoms in total. The number of hydrogen-bond donors (Lipinski definition) is 1. The lowest BCUT2D eigenvalue weighted by Crippen LogP contribution is -1.88. The standard InChI is InChI=1S/C7H7BrN2OS/c1-3-4(11-2)5-6(8)12-7(9)10-5/h1H2,2H3,(H2,9,10). The van der Waals surface area contributed by atoms with E-state index in [0.29, 0.717) is 16.6 Å². The van der Waals surface area contributed by atoms with Crippen molar-refractivity contribution in [1.82, 2.24) is 4.98 Å². The Morgan fingerprint density at radius 1 is 1.83 bits per heavy atom. The molecule has 0 aliphatic rings. The molecule has 1 rings (SSSR count). The average molecular weight is 247 g/mol. The van der Waals surface area contributed by atoms with E-state index >= 15 is 0 Å². The lowest BCUT2D eigenvalue weighted by atomic mass is 10.4. The molecule has 0 saturated carbocycles. The zero-order valence-corrected chi connectivity index (χ0v) is 8.83. The van der Waals surface area contributed by atoms with Crippen LogP contribution in [-0.4, -0.2) is 12.1 Å². The Morgan fingerprint density at radius 2 is 2.50 bits per heavy atom. The first-order chi connectivity index (χ1) is 5.69. The van der Waals surface area contributed by atoms with Crippen LogP contribution in [0.2, 0.25) is 0 Å². The average Bonchev–Trinajstić information content (AvgIpc) is 2.34. The van der Waals surface area contributed by atoms with Gasteiger partial charge in [0.1, 0.15) is 9.48 Å². The van der Waals surface area contributed by atoms with Crippen LogP contribution in [0.1, 0.15) is 5.69 Å². The summed E-state index contributed by atoms with van der Waals surface area (Å²) in [5, 5.41) is 0.488. The summed E-state index contributed by atoms with van der Waals surface area (Å²) in [6, 6.07) is 0. The first-order valence-electron chi connectivity index (χ1n) is 3.05. The summed E-state index contributed by atoms with van der Waals surface area (Å²) in [4.78, 5) is 4.04. The third-order valence-corrected chi connectivity index (χ3v) is 2.72. The molecule has 0 saturated heterocycles. The van der Waals surface area contributed by atoms with Crippen LogP contribution in [0, 0.1) is 0 Å². The largest absolute Gasteiger partial charge is 0.487 e. The maximum atomic E-state index is 5.49. The first-order valence-corrected chi connectivity index (χ1v) is 4.66. The number of anilines is 1. The third kappa shape index (κ3) is 1.69. The highest BCUT2D eigenvalue weighted by Gasteiger charge is 2.11. The van der Waals surface area contributed by atoms with E-state index in [0.717, 1.165) is 3.79 Å². The van der Waals surface area contributed by atoms with Gasteiger partial charge in [0.15, 0.2) is 10.9 Å². The van der Waals surface area contributed by atoms with Crippen molar-refractivity contribution in [2.45, 2.75) is 0 Å². The Labute approximate surface area is 82.7 Å². The molecule has 0 amide bonds. The molecule has 1 heterocycles. The first kappa shape index (κ1) is 9.32. The zero-order chi connectivity index (χ0) is 9.14. The molecule has 12 heavy (non-hydrogen) atoms. The summed E-state index contributed by atoms with van der Waals surface area (Å²) < 4.78 is 5.81. The van der Waals surface area contributed by atoms with Gasteiger partial charge in [0, 0.05) is 0 Å². The summed E-state index contributed by atoms with van der Waals surface area (Å²) in [6.45, 7) is 3.47. The minimum atomic E-state index is 0.488. The Bertz CT molecular complexity index is 341. The highest BCUT2D eigenvalue weighted by Crippen LogP contribution is 2.30. The van der Waals surface area contributed by atoms with E-state index in [1.54, 1.807) is 0 Å². The van der Waals surface area contributed by atoms with E-state index in [4.69, 9.17) is 10.5 Å². The highest BCUT2D eigenvalue weighted by molar-refractivity contribution is 9.11. The van der Waals surface area contributed by atoms with Crippen molar-refractivity contribution in [3.05, 3.63) is 21.8 Å². The fraction of sp³-hybridized carbons (Fsp3) is 0.143. The number of rotatable bonds is 2. The maximum absolute atomic E-state index is 5.49. The van der Waals surface area contributed by atoms with Crippen LogP contribution >= 0.6 is 27.3 Å². The van der Waals surface area contributed by atoms with Crippen LogP contribution in [0.25, 0.3) is 5.76 Å². The molecular weight excluding hydrogens is 240 g/mol. The molecule has 0 fully saturated rings. The maximum Gasteiger partial charge on any atom is 0.189 e. The van der Waals surface area contributed by atoms with Gasteiger partial charge < -0.3 is 10.5 Å². The van der Waals surface area contributed by atoms with Crippen molar-refractivity contribution in [3.63, 3.8) is 0 Å². The second kappa shape index (κ2) is 3.76. The van der Waals surface area contributed by atoms with E-state index in [9.17, 15) is 0 Å². The Morgan fingerprint density at radius 3 is 2.83 bits per heavy atom. The molecule has 2 N–H and O–H groups in total. The lowest BCUT2D eigenvalue weighted by Gasteiger charge is -1.98. The highest BCUT2D eigenvalue weighted by atomic mass is 79.9. The lowest BCUT2D eigenvalue weighted by molar-refractivity contribution is 0.369. The van der Waals surface area contributed by atoms with Crippen molar-refractivity contribution in [3.8, 4) is 0 Å². The van der Waals surface area contributed by atoms with Crippen molar-refractivity contribution in [1.29, 1.82) is 0 Å². The van der Waals surface area contributed by atoms with Crippen molar-refractivity contribution in [2.75, 3.05) is 12.8 Å². The minimum absolute atomic E-state index is 0.488. The van der Waals surface area contributed by atoms with Gasteiger partial charge in [-0.15, -0.1) is 0 Å². The van der Waals surface area contributed by atoms with E-state index in [1.807, 2.05) is 0 Å². The molecule has 0 aliphatic heterocycles. The summed E-state index contributed by atoms with van der Waals surface area (Å²) >= 11 is 4.65. The predicted molar refractivity (Wildman–Crippen MR) is 53.8 cm³/mol. The number of nitrogen functional groups attached to an aromatic ring is 1. The normalized spacial score (nSPS) is 9.17. The van der Waals surface area contributed by atoms with Crippen molar-refractivity contribution in [2.24, 2.45) is 0 Å². The number of halogens is 1. The monoisotopic (exact) mass is 246 g/mol. The number of nitrogens with two attached hydrogens (primary N) is 1. The fourth-order valence-corrected chi connectivity index (χ4v) is 2.03. The number of ether oxygens (including phenoxy) is 1. The molecule has 0 aromatic carbocycles. The molecular formula is C7H7BrN2OS. The smallest absolute Gasteiger partial charge is 0.189 e. The Kier molecular flexibility index (Phi) is 2.92. The van der Waals surface area contributed by atoms with Gasteiger partial charge in [-0.25, -0.2) is 4.98 Å². The SMILES string of the molecule is C=C=C(OC)c1nc(N)sc1Br. The molecule has 0 spiro atoms. The second-order valence-corrected chi connectivity index (χ2v) is 4.23. The van der Waals surface area contributed by atoms with Gasteiger partial charge in [-0.2, -0.15) is 0 Å².